The lowest BCUT2D eigenvalue weighted by Gasteiger charge is -2.26. The fraction of sp³-hybridized carbons (Fsp3) is 0.625. The first-order chi connectivity index (χ1) is 16.0. The third kappa shape index (κ3) is 7.27. The fourth-order valence-corrected chi connectivity index (χ4v) is 5.90. The van der Waals surface area contributed by atoms with Gasteiger partial charge in [-0.05, 0) is 51.4 Å². The molecule has 3 rings (SSSR count). The summed E-state index contributed by atoms with van der Waals surface area (Å²) in [4.78, 5) is 28.1. The number of hydrogen-bond donors (Lipinski definition) is 2. The number of aliphatic carboxylic acids is 1. The standard InChI is InChI=1S/C24H34N4O4S/c1-2-28-22(15-18(17-25)24(30)31)33-21(23(28)29)9-10-26-19-7-6-8-20(16-19)32-14-13-27-11-4-3-5-12-27/h6-8,16,18,21-22,26H,2-5,9-15H2,1H3,(H,30,31). The van der Waals surface area contributed by atoms with Crippen LogP contribution < -0.4 is 10.1 Å². The van der Waals surface area contributed by atoms with E-state index < -0.39 is 11.9 Å². The summed E-state index contributed by atoms with van der Waals surface area (Å²) in [7, 11) is 0. The van der Waals surface area contributed by atoms with Gasteiger partial charge in [0.2, 0.25) is 5.91 Å². The number of rotatable bonds is 12. The van der Waals surface area contributed by atoms with Crippen molar-refractivity contribution in [1.82, 2.24) is 9.80 Å². The minimum Gasteiger partial charge on any atom is -0.492 e. The molecule has 0 bridgehead atoms. The molecular weight excluding hydrogens is 440 g/mol. The molecule has 3 atom stereocenters. The maximum Gasteiger partial charge on any atom is 0.321 e. The van der Waals surface area contributed by atoms with Gasteiger partial charge in [0.05, 0.1) is 16.7 Å². The maximum atomic E-state index is 12.8. The number of benzene rings is 1. The van der Waals surface area contributed by atoms with Gasteiger partial charge in [0.25, 0.3) is 0 Å². The summed E-state index contributed by atoms with van der Waals surface area (Å²) in [5, 5.41) is 21.1. The first kappa shape index (κ1) is 25.2. The van der Waals surface area contributed by atoms with Crippen LogP contribution in [0.5, 0.6) is 5.75 Å². The Morgan fingerprint density at radius 1 is 1.36 bits per heavy atom. The van der Waals surface area contributed by atoms with Gasteiger partial charge in [0.15, 0.2) is 0 Å². The normalized spacial score (nSPS) is 22.1. The van der Waals surface area contributed by atoms with Crippen LogP contribution in [0, 0.1) is 17.2 Å². The van der Waals surface area contributed by atoms with E-state index in [0.717, 1.165) is 31.1 Å². The lowest BCUT2D eigenvalue weighted by molar-refractivity contribution is -0.141. The Bertz CT molecular complexity index is 840. The van der Waals surface area contributed by atoms with Gasteiger partial charge in [-0.2, -0.15) is 5.26 Å². The van der Waals surface area contributed by atoms with Crippen molar-refractivity contribution in [3.63, 3.8) is 0 Å². The average Bonchev–Trinajstić information content (AvgIpc) is 3.12. The molecule has 1 aromatic carbocycles. The highest BCUT2D eigenvalue weighted by atomic mass is 32.2. The molecule has 0 spiro atoms. The Morgan fingerprint density at radius 2 is 2.15 bits per heavy atom. The Balaban J connectivity index is 1.44. The molecule has 33 heavy (non-hydrogen) atoms. The van der Waals surface area contributed by atoms with Gasteiger partial charge in [-0.3, -0.25) is 14.5 Å². The first-order valence-corrected chi connectivity index (χ1v) is 12.7. The number of piperidine rings is 1. The summed E-state index contributed by atoms with van der Waals surface area (Å²) < 4.78 is 5.93. The zero-order valence-corrected chi connectivity index (χ0v) is 20.1. The van der Waals surface area contributed by atoms with E-state index in [9.17, 15) is 14.7 Å². The number of nitrogens with zero attached hydrogens (tertiary/aromatic N) is 3. The van der Waals surface area contributed by atoms with Gasteiger partial charge in [0.1, 0.15) is 18.3 Å². The predicted molar refractivity (Wildman–Crippen MR) is 129 cm³/mol. The average molecular weight is 475 g/mol. The van der Waals surface area contributed by atoms with Gasteiger partial charge in [-0.1, -0.05) is 12.5 Å². The van der Waals surface area contributed by atoms with Crippen molar-refractivity contribution in [1.29, 1.82) is 5.26 Å². The minimum absolute atomic E-state index is 0.0196. The van der Waals surface area contributed by atoms with E-state index >= 15 is 0 Å². The second-order valence-corrected chi connectivity index (χ2v) is 9.84. The van der Waals surface area contributed by atoms with Crippen molar-refractivity contribution in [2.45, 2.75) is 49.7 Å². The minimum atomic E-state index is -1.13. The highest BCUT2D eigenvalue weighted by Gasteiger charge is 2.40. The van der Waals surface area contributed by atoms with E-state index in [1.807, 2.05) is 37.3 Å². The summed E-state index contributed by atoms with van der Waals surface area (Å²) in [5.41, 5.74) is 0.945. The number of nitrogens with one attached hydrogen (secondary N) is 1. The number of likely N-dealkylation sites (tertiary alicyclic amines) is 1. The molecule has 0 radical (unpaired) electrons. The van der Waals surface area contributed by atoms with E-state index in [0.29, 0.717) is 26.1 Å². The molecule has 180 valence electrons. The molecule has 2 N–H and O–H groups in total. The summed E-state index contributed by atoms with van der Waals surface area (Å²) in [6.45, 7) is 6.94. The quantitative estimate of drug-likeness (QED) is 0.476. The molecule has 0 saturated carbocycles. The maximum absolute atomic E-state index is 12.8. The molecule has 2 fully saturated rings. The number of carboxylic acid groups (broad SMARTS) is 1. The number of nitriles is 1. The van der Waals surface area contributed by atoms with E-state index in [2.05, 4.69) is 10.2 Å². The van der Waals surface area contributed by atoms with Crippen LogP contribution in [-0.4, -0.2) is 76.7 Å². The summed E-state index contributed by atoms with van der Waals surface area (Å²) in [6.07, 6.45) is 4.65. The van der Waals surface area contributed by atoms with E-state index in [1.165, 1.54) is 31.0 Å². The van der Waals surface area contributed by atoms with Crippen molar-refractivity contribution >= 4 is 29.3 Å². The number of anilines is 1. The number of carbonyl (C=O) groups excluding carboxylic acids is 1. The molecule has 2 saturated heterocycles. The molecular formula is C24H34N4O4S. The number of hydrogen-bond acceptors (Lipinski definition) is 7. The summed E-state index contributed by atoms with van der Waals surface area (Å²) in [6, 6.07) is 9.69. The number of carbonyl (C=O) groups is 2. The molecule has 0 aromatic heterocycles. The SMILES string of the molecule is CCN1C(=O)C(CCNc2cccc(OCCN3CCCCC3)c2)SC1CC(C#N)C(=O)O. The van der Waals surface area contributed by atoms with Crippen LogP contribution in [0.3, 0.4) is 0 Å². The van der Waals surface area contributed by atoms with Gasteiger partial charge >= 0.3 is 5.97 Å². The number of thioether (sulfide) groups is 1. The van der Waals surface area contributed by atoms with Gasteiger partial charge in [-0.25, -0.2) is 0 Å². The van der Waals surface area contributed by atoms with Gasteiger partial charge in [-0.15, -0.1) is 11.8 Å². The number of ether oxygens (including phenoxy) is 1. The largest absolute Gasteiger partial charge is 0.492 e. The van der Waals surface area contributed by atoms with Crippen molar-refractivity contribution in [3.8, 4) is 11.8 Å². The van der Waals surface area contributed by atoms with Crippen molar-refractivity contribution in [2.24, 2.45) is 5.92 Å². The zero-order valence-electron chi connectivity index (χ0n) is 19.2. The lowest BCUT2D eigenvalue weighted by atomic mass is 10.1. The second kappa shape index (κ2) is 12.7. The van der Waals surface area contributed by atoms with Crippen LogP contribution in [0.2, 0.25) is 0 Å². The van der Waals surface area contributed by atoms with Gasteiger partial charge < -0.3 is 20.1 Å². The van der Waals surface area contributed by atoms with Crippen LogP contribution in [0.1, 0.15) is 39.0 Å². The topological polar surface area (TPSA) is 106 Å². The van der Waals surface area contributed by atoms with E-state index in [-0.39, 0.29) is 23.0 Å². The Morgan fingerprint density at radius 3 is 2.85 bits per heavy atom. The van der Waals surface area contributed by atoms with E-state index in [4.69, 9.17) is 10.00 Å². The smallest absolute Gasteiger partial charge is 0.321 e. The summed E-state index contributed by atoms with van der Waals surface area (Å²) >= 11 is 1.47. The molecule has 8 nitrogen and oxygen atoms in total. The highest BCUT2D eigenvalue weighted by Crippen LogP contribution is 2.37. The van der Waals surface area contributed by atoms with Crippen LogP contribution in [0.25, 0.3) is 0 Å². The van der Waals surface area contributed by atoms with E-state index in [1.54, 1.807) is 4.90 Å². The highest BCUT2D eigenvalue weighted by molar-refractivity contribution is 8.01. The molecule has 3 unspecified atom stereocenters. The summed E-state index contributed by atoms with van der Waals surface area (Å²) in [5.74, 6) is -1.38. The van der Waals surface area contributed by atoms with Crippen molar-refractivity contribution in [3.05, 3.63) is 24.3 Å². The van der Waals surface area contributed by atoms with Crippen LogP contribution in [-0.2, 0) is 9.59 Å². The number of carboxylic acids is 1. The Labute approximate surface area is 200 Å². The first-order valence-electron chi connectivity index (χ1n) is 11.8. The molecule has 2 aliphatic rings. The zero-order chi connectivity index (χ0) is 23.6. The predicted octanol–water partition coefficient (Wildman–Crippen LogP) is 3.26. The second-order valence-electron chi connectivity index (χ2n) is 8.45. The fourth-order valence-electron chi connectivity index (χ4n) is 4.31. The van der Waals surface area contributed by atoms with Crippen molar-refractivity contribution in [2.75, 3.05) is 44.6 Å². The third-order valence-electron chi connectivity index (χ3n) is 6.15. The van der Waals surface area contributed by atoms with Crippen LogP contribution in [0.15, 0.2) is 24.3 Å². The molecule has 2 heterocycles. The van der Waals surface area contributed by atoms with Gasteiger partial charge in [0, 0.05) is 37.8 Å². The Hall–Kier alpha value is -2.44. The Kier molecular flexibility index (Phi) is 9.70. The monoisotopic (exact) mass is 474 g/mol. The molecule has 0 aliphatic carbocycles. The molecule has 9 heteroatoms. The molecule has 2 aliphatic heterocycles. The van der Waals surface area contributed by atoms with Crippen LogP contribution in [0.4, 0.5) is 5.69 Å². The lowest BCUT2D eigenvalue weighted by Crippen LogP contribution is -2.36. The molecule has 1 amide bonds. The number of amides is 1. The van der Waals surface area contributed by atoms with Crippen LogP contribution >= 0.6 is 11.8 Å². The third-order valence-corrected chi connectivity index (χ3v) is 7.68. The molecule has 1 aromatic rings. The van der Waals surface area contributed by atoms with Crippen molar-refractivity contribution < 1.29 is 19.4 Å².